The highest BCUT2D eigenvalue weighted by atomic mass is 32.2. The Morgan fingerprint density at radius 1 is 1.24 bits per heavy atom. The fourth-order valence-corrected chi connectivity index (χ4v) is 5.57. The number of alkyl carbamates (subject to hydrolysis) is 1. The van der Waals surface area contributed by atoms with Crippen LogP contribution in [0.15, 0.2) is 40.6 Å². The van der Waals surface area contributed by atoms with Crippen LogP contribution in [-0.2, 0) is 26.1 Å². The number of methoxy groups -OCH3 is 1. The summed E-state index contributed by atoms with van der Waals surface area (Å²) >= 11 is 1.23. The molecule has 1 aliphatic heterocycles. The summed E-state index contributed by atoms with van der Waals surface area (Å²) in [6.07, 6.45) is -2.08. The largest absolute Gasteiger partial charge is 0.497 e. The van der Waals surface area contributed by atoms with E-state index < -0.39 is 34.2 Å². The molecule has 3 rings (SSSR count). The Kier molecular flexibility index (Phi) is 6.07. The van der Waals surface area contributed by atoms with Gasteiger partial charge in [-0.2, -0.15) is 4.31 Å². The van der Waals surface area contributed by atoms with Crippen LogP contribution < -0.4 is 15.5 Å². The van der Waals surface area contributed by atoms with E-state index in [1.807, 2.05) is 0 Å². The molecule has 0 saturated carbocycles. The maximum absolute atomic E-state index is 13.3. The number of amides is 2. The van der Waals surface area contributed by atoms with Crippen molar-refractivity contribution < 1.29 is 32.7 Å². The predicted molar refractivity (Wildman–Crippen MR) is 102 cm³/mol. The highest BCUT2D eigenvalue weighted by molar-refractivity contribution is 7.89. The van der Waals surface area contributed by atoms with Crippen molar-refractivity contribution in [3.8, 4) is 5.75 Å². The van der Waals surface area contributed by atoms with Gasteiger partial charge < -0.3 is 14.8 Å². The van der Waals surface area contributed by atoms with Crippen LogP contribution in [-0.4, -0.2) is 50.1 Å². The molecule has 0 radical (unpaired) electrons. The van der Waals surface area contributed by atoms with Gasteiger partial charge in [0, 0.05) is 13.6 Å². The number of carbonyl (C=O) groups is 2. The standard InChI is InChI=1S/C17H19N3O7S2/c1-18-17(22)27-14-13(16(21)19-23)20(9-10-7-8-28-15(10)14)29(24,25)12-5-3-11(26-2)4-6-12/h3-8,13-14,23H,9H2,1-2H3,(H,18,22)(H,19,21). The van der Waals surface area contributed by atoms with E-state index in [0.717, 1.165) is 4.31 Å². The van der Waals surface area contributed by atoms with Crippen molar-refractivity contribution in [1.29, 1.82) is 0 Å². The number of thiophene rings is 1. The van der Waals surface area contributed by atoms with Crippen LogP contribution in [0, 0.1) is 0 Å². The molecule has 0 bridgehead atoms. The van der Waals surface area contributed by atoms with Crippen molar-refractivity contribution in [2.24, 2.45) is 0 Å². The Bertz CT molecular complexity index is 1000. The van der Waals surface area contributed by atoms with Crippen molar-refractivity contribution in [1.82, 2.24) is 15.1 Å². The SMILES string of the molecule is CNC(=O)OC1c2sccc2CN(S(=O)(=O)c2ccc(OC)cc2)C1C(=O)NO. The minimum absolute atomic E-state index is 0.0774. The monoisotopic (exact) mass is 441 g/mol. The number of ether oxygens (including phenoxy) is 2. The lowest BCUT2D eigenvalue weighted by Crippen LogP contribution is -2.54. The molecule has 29 heavy (non-hydrogen) atoms. The molecule has 2 amide bonds. The van der Waals surface area contributed by atoms with Gasteiger partial charge in [-0.1, -0.05) is 0 Å². The van der Waals surface area contributed by atoms with Gasteiger partial charge in [-0.3, -0.25) is 10.0 Å². The van der Waals surface area contributed by atoms with Crippen molar-refractivity contribution in [2.75, 3.05) is 14.2 Å². The number of rotatable bonds is 5. The van der Waals surface area contributed by atoms with E-state index in [9.17, 15) is 23.2 Å². The first-order valence-electron chi connectivity index (χ1n) is 8.38. The molecule has 12 heteroatoms. The summed E-state index contributed by atoms with van der Waals surface area (Å²) in [5.74, 6) is -0.553. The van der Waals surface area contributed by atoms with Gasteiger partial charge in [0.2, 0.25) is 10.0 Å². The summed E-state index contributed by atoms with van der Waals surface area (Å²) in [6.45, 7) is -0.126. The second-order valence-corrected chi connectivity index (χ2v) is 8.87. The van der Waals surface area contributed by atoms with E-state index in [-0.39, 0.29) is 11.4 Å². The second kappa shape index (κ2) is 8.37. The first kappa shape index (κ1) is 21.0. The lowest BCUT2D eigenvalue weighted by atomic mass is 10.0. The molecule has 10 nitrogen and oxygen atoms in total. The van der Waals surface area contributed by atoms with Crippen molar-refractivity contribution in [3.63, 3.8) is 0 Å². The summed E-state index contributed by atoms with van der Waals surface area (Å²) in [4.78, 5) is 24.8. The molecule has 2 heterocycles. The van der Waals surface area contributed by atoms with Crippen LogP contribution in [0.2, 0.25) is 0 Å². The van der Waals surface area contributed by atoms with Gasteiger partial charge in [0.1, 0.15) is 11.8 Å². The maximum Gasteiger partial charge on any atom is 0.407 e. The third-order valence-corrected chi connectivity index (χ3v) is 7.31. The molecular weight excluding hydrogens is 422 g/mol. The van der Waals surface area contributed by atoms with Gasteiger partial charge in [-0.15, -0.1) is 11.3 Å². The Morgan fingerprint density at radius 3 is 2.52 bits per heavy atom. The second-order valence-electron chi connectivity index (χ2n) is 6.03. The molecule has 2 unspecified atom stereocenters. The first-order valence-corrected chi connectivity index (χ1v) is 10.7. The molecule has 2 aromatic rings. The summed E-state index contributed by atoms with van der Waals surface area (Å²) in [5, 5.41) is 13.2. The number of sulfonamides is 1. The minimum atomic E-state index is -4.19. The molecule has 1 aromatic carbocycles. The molecule has 2 atom stereocenters. The normalized spacial score (nSPS) is 19.1. The van der Waals surface area contributed by atoms with Gasteiger partial charge in [-0.05, 0) is 41.3 Å². The molecule has 1 aliphatic rings. The molecule has 0 saturated heterocycles. The Morgan fingerprint density at radius 2 is 1.93 bits per heavy atom. The highest BCUT2D eigenvalue weighted by Crippen LogP contribution is 2.40. The number of fused-ring (bicyclic) bond motifs is 1. The average Bonchev–Trinajstić information content (AvgIpc) is 3.21. The topological polar surface area (TPSA) is 134 Å². The number of benzene rings is 1. The van der Waals surface area contributed by atoms with Crippen molar-refractivity contribution in [3.05, 3.63) is 46.2 Å². The average molecular weight is 441 g/mol. The van der Waals surface area contributed by atoms with Crippen LogP contribution in [0.5, 0.6) is 5.75 Å². The number of hydroxylamine groups is 1. The lowest BCUT2D eigenvalue weighted by molar-refractivity contribution is -0.137. The highest BCUT2D eigenvalue weighted by Gasteiger charge is 2.48. The van der Waals surface area contributed by atoms with Gasteiger partial charge in [0.15, 0.2) is 6.10 Å². The lowest BCUT2D eigenvalue weighted by Gasteiger charge is -2.37. The fourth-order valence-electron chi connectivity index (χ4n) is 3.03. The quantitative estimate of drug-likeness (QED) is 0.469. The zero-order valence-electron chi connectivity index (χ0n) is 15.5. The first-order chi connectivity index (χ1) is 13.8. The third-order valence-electron chi connectivity index (χ3n) is 4.45. The van der Waals surface area contributed by atoms with Crippen molar-refractivity contribution in [2.45, 2.75) is 23.6 Å². The van der Waals surface area contributed by atoms with Crippen molar-refractivity contribution >= 4 is 33.4 Å². The van der Waals surface area contributed by atoms with E-state index in [1.165, 1.54) is 55.2 Å². The van der Waals surface area contributed by atoms with Gasteiger partial charge in [0.25, 0.3) is 5.91 Å². The maximum atomic E-state index is 13.3. The van der Waals surface area contributed by atoms with E-state index in [2.05, 4.69) is 5.32 Å². The molecule has 1 aromatic heterocycles. The smallest absolute Gasteiger partial charge is 0.407 e. The molecule has 0 spiro atoms. The van der Waals surface area contributed by atoms with E-state index in [1.54, 1.807) is 11.4 Å². The van der Waals surface area contributed by atoms with Gasteiger partial charge in [0.05, 0.1) is 16.9 Å². The van der Waals surface area contributed by atoms with Gasteiger partial charge in [-0.25, -0.2) is 18.7 Å². The number of carbonyl (C=O) groups excluding carboxylic acids is 2. The van der Waals surface area contributed by atoms with Crippen LogP contribution in [0.4, 0.5) is 4.79 Å². The Labute approximate surface area is 171 Å². The Balaban J connectivity index is 2.10. The van der Waals surface area contributed by atoms with E-state index in [4.69, 9.17) is 9.47 Å². The van der Waals surface area contributed by atoms with E-state index in [0.29, 0.717) is 16.2 Å². The molecule has 3 N–H and O–H groups in total. The Hall–Kier alpha value is -2.67. The molecule has 0 aliphatic carbocycles. The van der Waals surface area contributed by atoms with Gasteiger partial charge >= 0.3 is 6.09 Å². The number of nitrogens with one attached hydrogen (secondary N) is 2. The zero-order chi connectivity index (χ0) is 21.2. The third kappa shape index (κ3) is 3.92. The van der Waals surface area contributed by atoms with Crippen LogP contribution in [0.3, 0.4) is 0 Å². The fraction of sp³-hybridized carbons (Fsp3) is 0.294. The van der Waals surface area contributed by atoms with Crippen LogP contribution >= 0.6 is 11.3 Å². The van der Waals surface area contributed by atoms with Crippen LogP contribution in [0.1, 0.15) is 16.5 Å². The zero-order valence-corrected chi connectivity index (χ0v) is 17.1. The van der Waals surface area contributed by atoms with E-state index >= 15 is 0 Å². The molecule has 0 fully saturated rings. The predicted octanol–water partition coefficient (Wildman–Crippen LogP) is 1.23. The van der Waals surface area contributed by atoms with Crippen LogP contribution in [0.25, 0.3) is 0 Å². The number of nitrogens with zero attached hydrogens (tertiary/aromatic N) is 1. The molecule has 156 valence electrons. The summed E-state index contributed by atoms with van der Waals surface area (Å²) < 4.78 is 37.9. The summed E-state index contributed by atoms with van der Waals surface area (Å²) in [7, 11) is -1.39. The molecular formula is C17H19N3O7S2. The summed E-state index contributed by atoms with van der Waals surface area (Å²) in [6, 6.07) is 5.85. The minimum Gasteiger partial charge on any atom is -0.497 e. The number of hydrogen-bond acceptors (Lipinski definition) is 8. The number of hydrogen-bond donors (Lipinski definition) is 3. The summed E-state index contributed by atoms with van der Waals surface area (Å²) in [5.41, 5.74) is 2.08.